The average Bonchev–Trinajstić information content (AvgIpc) is 2.53. The number of hydrogen-bond acceptors (Lipinski definition) is 5. The zero-order valence-corrected chi connectivity index (χ0v) is 17.4. The van der Waals surface area contributed by atoms with Gasteiger partial charge in [0.15, 0.2) is 0 Å². The second-order valence-corrected chi connectivity index (χ2v) is 9.86. The zero-order valence-electron chi connectivity index (χ0n) is 17.4. The summed E-state index contributed by atoms with van der Waals surface area (Å²) in [6, 6.07) is 0. The van der Waals surface area contributed by atoms with Gasteiger partial charge in [-0.3, -0.25) is 0 Å². The largest absolute Gasteiger partial charge is 0.447 e. The first-order valence-electron chi connectivity index (χ1n) is 10.7. The Balaban J connectivity index is 1.15. The molecule has 0 aromatic heterocycles. The Morgan fingerprint density at radius 3 is 1.96 bits per heavy atom. The van der Waals surface area contributed by atoms with E-state index >= 15 is 0 Å². The van der Waals surface area contributed by atoms with Crippen molar-refractivity contribution in [1.29, 1.82) is 0 Å². The normalized spacial score (nSPS) is 31.9. The molecule has 4 fully saturated rings. The minimum absolute atomic E-state index is 0.259. The molecule has 1 amide bonds. The molecular weight excluding hydrogens is 344 g/mol. The van der Waals surface area contributed by atoms with Crippen molar-refractivity contribution >= 4 is 6.09 Å². The Morgan fingerprint density at radius 1 is 0.889 bits per heavy atom. The van der Waals surface area contributed by atoms with Crippen LogP contribution in [0.5, 0.6) is 0 Å². The summed E-state index contributed by atoms with van der Waals surface area (Å²) >= 11 is 0. The number of carbonyl (C=O) groups is 1. The van der Waals surface area contributed by atoms with Crippen LogP contribution < -0.4 is 10.6 Å². The first-order chi connectivity index (χ1) is 12.8. The molecule has 6 heteroatoms. The van der Waals surface area contributed by atoms with Crippen molar-refractivity contribution in [3.8, 4) is 0 Å². The van der Waals surface area contributed by atoms with E-state index in [2.05, 4.69) is 10.6 Å². The molecule has 0 spiro atoms. The first kappa shape index (κ1) is 20.9. The lowest BCUT2D eigenvalue weighted by Crippen LogP contribution is -2.58. The second kappa shape index (κ2) is 9.10. The molecule has 0 aromatic rings. The van der Waals surface area contributed by atoms with E-state index in [1.54, 1.807) is 0 Å². The van der Waals surface area contributed by atoms with Crippen LogP contribution in [0.1, 0.15) is 59.3 Å². The molecule has 4 aliphatic rings. The van der Waals surface area contributed by atoms with Crippen LogP contribution in [0, 0.1) is 17.8 Å². The van der Waals surface area contributed by atoms with Crippen LogP contribution in [0.2, 0.25) is 0 Å². The SMILES string of the molecule is CC(C)(C)NC(=O)OCCOCCOCCNC12CC3CC(CC(C3)C1)C2. The second-order valence-electron chi connectivity index (χ2n) is 9.86. The van der Waals surface area contributed by atoms with Gasteiger partial charge in [-0.05, 0) is 77.0 Å². The van der Waals surface area contributed by atoms with Crippen molar-refractivity contribution in [1.82, 2.24) is 10.6 Å². The number of hydrogen-bond donors (Lipinski definition) is 2. The average molecular weight is 383 g/mol. The van der Waals surface area contributed by atoms with Gasteiger partial charge in [-0.1, -0.05) is 0 Å². The van der Waals surface area contributed by atoms with Gasteiger partial charge in [-0.15, -0.1) is 0 Å². The fourth-order valence-electron chi connectivity index (χ4n) is 5.57. The molecule has 4 aliphatic carbocycles. The Hall–Kier alpha value is -0.850. The Bertz CT molecular complexity index is 454. The Morgan fingerprint density at radius 2 is 1.41 bits per heavy atom. The molecule has 4 bridgehead atoms. The molecule has 0 saturated heterocycles. The lowest BCUT2D eigenvalue weighted by Gasteiger charge is -2.57. The number of rotatable bonds is 10. The van der Waals surface area contributed by atoms with E-state index < -0.39 is 6.09 Å². The van der Waals surface area contributed by atoms with Gasteiger partial charge in [0.2, 0.25) is 0 Å². The summed E-state index contributed by atoms with van der Waals surface area (Å²) in [5.41, 5.74) is 0.134. The molecule has 6 nitrogen and oxygen atoms in total. The lowest BCUT2D eigenvalue weighted by molar-refractivity contribution is -0.0248. The van der Waals surface area contributed by atoms with Gasteiger partial charge >= 0.3 is 6.09 Å². The van der Waals surface area contributed by atoms with E-state index in [0.717, 1.165) is 30.9 Å². The molecule has 2 N–H and O–H groups in total. The maximum absolute atomic E-state index is 11.5. The van der Waals surface area contributed by atoms with E-state index in [-0.39, 0.29) is 12.1 Å². The fourth-order valence-corrected chi connectivity index (χ4v) is 5.57. The minimum Gasteiger partial charge on any atom is -0.447 e. The van der Waals surface area contributed by atoms with Gasteiger partial charge in [0, 0.05) is 17.6 Å². The molecule has 0 aromatic carbocycles. The van der Waals surface area contributed by atoms with Crippen LogP contribution in [0.4, 0.5) is 4.79 Å². The number of ether oxygens (including phenoxy) is 3. The van der Waals surface area contributed by atoms with Gasteiger partial charge in [0.1, 0.15) is 6.61 Å². The molecule has 4 saturated carbocycles. The third kappa shape index (κ3) is 6.61. The zero-order chi connectivity index (χ0) is 19.3. The van der Waals surface area contributed by atoms with Gasteiger partial charge in [-0.2, -0.15) is 0 Å². The fraction of sp³-hybridized carbons (Fsp3) is 0.952. The third-order valence-electron chi connectivity index (χ3n) is 6.09. The van der Waals surface area contributed by atoms with Crippen molar-refractivity contribution in [2.75, 3.05) is 39.6 Å². The van der Waals surface area contributed by atoms with E-state index in [4.69, 9.17) is 14.2 Å². The third-order valence-corrected chi connectivity index (χ3v) is 6.09. The van der Waals surface area contributed by atoms with Crippen molar-refractivity contribution < 1.29 is 19.0 Å². The number of alkyl carbamates (subject to hydrolysis) is 1. The van der Waals surface area contributed by atoms with Gasteiger partial charge in [0.05, 0.1) is 26.4 Å². The highest BCUT2D eigenvalue weighted by Gasteiger charge is 2.50. The van der Waals surface area contributed by atoms with E-state index in [9.17, 15) is 4.79 Å². The maximum Gasteiger partial charge on any atom is 0.407 e. The summed E-state index contributed by atoms with van der Waals surface area (Å²) in [5.74, 6) is 2.93. The molecule has 0 atom stereocenters. The molecule has 156 valence electrons. The Kier molecular flexibility index (Phi) is 7.03. The highest BCUT2D eigenvalue weighted by Crippen LogP contribution is 2.55. The lowest BCUT2D eigenvalue weighted by atomic mass is 9.53. The van der Waals surface area contributed by atoms with Crippen LogP contribution >= 0.6 is 0 Å². The van der Waals surface area contributed by atoms with Gasteiger partial charge in [-0.25, -0.2) is 4.79 Å². The summed E-state index contributed by atoms with van der Waals surface area (Å²) in [5, 5.41) is 6.58. The summed E-state index contributed by atoms with van der Waals surface area (Å²) in [7, 11) is 0. The summed E-state index contributed by atoms with van der Waals surface area (Å²) in [6.07, 6.45) is 8.18. The highest BCUT2D eigenvalue weighted by molar-refractivity contribution is 5.67. The summed E-state index contributed by atoms with van der Waals surface area (Å²) in [6.45, 7) is 9.18. The molecule has 0 aliphatic heterocycles. The first-order valence-corrected chi connectivity index (χ1v) is 10.7. The molecule has 4 rings (SSSR count). The summed E-state index contributed by atoms with van der Waals surface area (Å²) in [4.78, 5) is 11.5. The van der Waals surface area contributed by atoms with Crippen LogP contribution in [0.25, 0.3) is 0 Å². The molecule has 0 radical (unpaired) electrons. The van der Waals surface area contributed by atoms with Crippen LogP contribution in [-0.4, -0.2) is 56.8 Å². The monoisotopic (exact) mass is 382 g/mol. The van der Waals surface area contributed by atoms with E-state index in [1.807, 2.05) is 20.8 Å². The van der Waals surface area contributed by atoms with E-state index in [0.29, 0.717) is 25.4 Å². The maximum atomic E-state index is 11.5. The number of nitrogens with one attached hydrogen (secondary N) is 2. The van der Waals surface area contributed by atoms with Gasteiger partial charge < -0.3 is 24.8 Å². The molecular formula is C21H38N2O4. The van der Waals surface area contributed by atoms with Crippen LogP contribution in [0.15, 0.2) is 0 Å². The van der Waals surface area contributed by atoms with Crippen molar-refractivity contribution in [2.45, 2.75) is 70.4 Å². The predicted octanol–water partition coefficient (Wildman–Crippen LogP) is 3.10. The highest BCUT2D eigenvalue weighted by atomic mass is 16.6. The molecule has 27 heavy (non-hydrogen) atoms. The predicted molar refractivity (Wildman–Crippen MR) is 105 cm³/mol. The van der Waals surface area contributed by atoms with Crippen molar-refractivity contribution in [3.05, 3.63) is 0 Å². The van der Waals surface area contributed by atoms with Gasteiger partial charge in [0.25, 0.3) is 0 Å². The quantitative estimate of drug-likeness (QED) is 0.568. The van der Waals surface area contributed by atoms with Crippen molar-refractivity contribution in [3.63, 3.8) is 0 Å². The molecule has 0 unspecified atom stereocenters. The summed E-state index contributed by atoms with van der Waals surface area (Å²) < 4.78 is 16.2. The number of amides is 1. The minimum atomic E-state index is -0.405. The number of carbonyl (C=O) groups excluding carboxylic acids is 1. The topological polar surface area (TPSA) is 68.8 Å². The smallest absolute Gasteiger partial charge is 0.407 e. The molecule has 0 heterocycles. The standard InChI is InChI=1S/C21H38N2O4/c1-20(2,3)23-19(24)27-9-8-26-7-6-25-5-4-22-21-13-16-10-17(14-21)12-18(11-16)15-21/h16-18,22H,4-15H2,1-3H3,(H,23,24). The van der Waals surface area contributed by atoms with Crippen molar-refractivity contribution in [2.24, 2.45) is 17.8 Å². The van der Waals surface area contributed by atoms with Crippen LogP contribution in [0.3, 0.4) is 0 Å². The van der Waals surface area contributed by atoms with Crippen LogP contribution in [-0.2, 0) is 14.2 Å². The van der Waals surface area contributed by atoms with E-state index in [1.165, 1.54) is 38.5 Å². The Labute approximate surface area is 164 Å².